The van der Waals surface area contributed by atoms with Crippen LogP contribution in [0.3, 0.4) is 0 Å². The van der Waals surface area contributed by atoms with Crippen LogP contribution in [-0.2, 0) is 24.7 Å². The zero-order valence-electron chi connectivity index (χ0n) is 40.2. The molecular weight excluding hydrogens is 815 g/mol. The van der Waals surface area contributed by atoms with E-state index in [0.717, 1.165) is 24.9 Å². The van der Waals surface area contributed by atoms with E-state index in [1.165, 1.54) is 87.3 Å². The topological polar surface area (TPSA) is 12.0 Å². The van der Waals surface area contributed by atoms with Crippen molar-refractivity contribution >= 4 is 44.8 Å². The Hall–Kier alpha value is -6.74. The minimum absolute atomic E-state index is 0.120. The van der Waals surface area contributed by atoms with Crippen LogP contribution >= 0.6 is 11.3 Å². The summed E-state index contributed by atoms with van der Waals surface area (Å²) >= 11 is 1.90. The monoisotopic (exact) mass is 881 g/mol. The maximum atomic E-state index is 4.22. The van der Waals surface area contributed by atoms with Gasteiger partial charge in [0.25, 0.3) is 0 Å². The molecule has 1 aromatic heterocycles. The SMILES string of the molecule is C1=Cc2sc3ccc(-c4ccccc4)cc3c2C1.C=CC1=C(/C=C\Nc2ccccc2C(C)Cc2ccccc2)c2ccc(-c3ccc4c(c3)C=CC4)cc2C1(C)C.C=CC=C.CC.CC. The van der Waals surface area contributed by atoms with Crippen molar-refractivity contribution in [3.63, 3.8) is 0 Å². The number of hydrogen-bond acceptors (Lipinski definition) is 2. The number of para-hydroxylation sites is 1. The normalized spacial score (nSPS) is 13.6. The van der Waals surface area contributed by atoms with Gasteiger partial charge in [-0.15, -0.1) is 11.3 Å². The van der Waals surface area contributed by atoms with Crippen LogP contribution in [0.5, 0.6) is 0 Å². The molecule has 1 heterocycles. The van der Waals surface area contributed by atoms with E-state index in [4.69, 9.17) is 0 Å². The van der Waals surface area contributed by atoms with Gasteiger partial charge in [-0.1, -0.05) is 214 Å². The van der Waals surface area contributed by atoms with E-state index >= 15 is 0 Å². The molecule has 1 N–H and O–H groups in total. The number of thiophene rings is 1. The van der Waals surface area contributed by atoms with Gasteiger partial charge in [0.2, 0.25) is 0 Å². The van der Waals surface area contributed by atoms with Crippen LogP contribution < -0.4 is 5.32 Å². The third-order valence-corrected chi connectivity index (χ3v) is 13.5. The summed E-state index contributed by atoms with van der Waals surface area (Å²) in [5, 5.41) is 5.05. The van der Waals surface area contributed by atoms with Crippen LogP contribution in [0.15, 0.2) is 207 Å². The summed E-state index contributed by atoms with van der Waals surface area (Å²) in [5.74, 6) is 0.404. The van der Waals surface area contributed by atoms with Crippen molar-refractivity contribution < 1.29 is 0 Å². The molecule has 0 spiro atoms. The molecule has 1 unspecified atom stereocenters. The highest BCUT2D eigenvalue weighted by Gasteiger charge is 2.35. The summed E-state index contributed by atoms with van der Waals surface area (Å²) in [6.07, 6.45) is 21.8. The molecule has 0 saturated heterocycles. The molecule has 0 fully saturated rings. The summed E-state index contributed by atoms with van der Waals surface area (Å²) in [6, 6.07) is 50.6. The first-order valence-corrected chi connectivity index (χ1v) is 24.5. The van der Waals surface area contributed by atoms with Crippen LogP contribution in [0.4, 0.5) is 5.69 Å². The molecule has 7 aromatic rings. The minimum atomic E-state index is -0.120. The predicted molar refractivity (Wildman–Crippen MR) is 296 cm³/mol. The van der Waals surface area contributed by atoms with Crippen LogP contribution in [-0.4, -0.2) is 0 Å². The third kappa shape index (κ3) is 11.0. The van der Waals surface area contributed by atoms with Gasteiger partial charge in [-0.2, -0.15) is 0 Å². The largest absolute Gasteiger partial charge is 0.361 e. The number of allylic oxidation sites excluding steroid dienone is 8. The second-order valence-electron chi connectivity index (χ2n) is 16.7. The second-order valence-corrected chi connectivity index (χ2v) is 17.8. The summed E-state index contributed by atoms with van der Waals surface area (Å²) in [4.78, 5) is 1.44. The van der Waals surface area contributed by atoms with E-state index in [1.807, 2.05) is 45.1 Å². The Kier molecular flexibility index (Phi) is 17.3. The number of fused-ring (bicyclic) bond motifs is 5. The van der Waals surface area contributed by atoms with E-state index in [1.54, 1.807) is 12.2 Å². The summed E-state index contributed by atoms with van der Waals surface area (Å²) in [5.41, 5.74) is 18.3. The van der Waals surface area contributed by atoms with E-state index < -0.39 is 0 Å². The summed E-state index contributed by atoms with van der Waals surface area (Å²) in [7, 11) is 0. The number of anilines is 1. The Balaban J connectivity index is 0.000000228. The Morgan fingerprint density at radius 2 is 1.30 bits per heavy atom. The molecule has 66 heavy (non-hydrogen) atoms. The lowest BCUT2D eigenvalue weighted by atomic mass is 9.80. The molecule has 2 heteroatoms. The van der Waals surface area contributed by atoms with Gasteiger partial charge in [-0.25, -0.2) is 0 Å². The standard InChI is InChI=1S/C39H37N.C17H12S.C4H6.2C2H6/c1-5-36-35(22-23-40-38-17-10-9-16-33(38)27(2)24-28-12-7-6-8-13-28)34-21-20-32(26-37(34)39(36,3)4)31-19-18-29-14-11-15-30(29)25-31;1-2-5-12(6-3-1)13-9-10-17-15(11-13)14-7-4-8-16(14)18-17;1-3-4-2;2*1-2/h5-13,15-23,25-27,40H,1,14,24H2,2-4H3;1-6,8-11H,7H2;3-4H,1-2H2;2*1-2H3/b23-22-;;;;. The highest BCUT2D eigenvalue weighted by molar-refractivity contribution is 7.20. The van der Waals surface area contributed by atoms with Crippen LogP contribution in [0, 0.1) is 0 Å². The van der Waals surface area contributed by atoms with Gasteiger partial charge in [-0.05, 0) is 145 Å². The van der Waals surface area contributed by atoms with Gasteiger partial charge >= 0.3 is 0 Å². The molecule has 0 amide bonds. The maximum absolute atomic E-state index is 4.22. The van der Waals surface area contributed by atoms with Crippen molar-refractivity contribution in [2.75, 3.05) is 5.32 Å². The quantitative estimate of drug-likeness (QED) is 0.135. The second kappa shape index (κ2) is 23.4. The van der Waals surface area contributed by atoms with Crippen molar-refractivity contribution in [2.45, 2.75) is 79.1 Å². The molecule has 10 rings (SSSR count). The van der Waals surface area contributed by atoms with Gasteiger partial charge in [0.1, 0.15) is 0 Å². The Morgan fingerprint density at radius 3 is 2.03 bits per heavy atom. The molecule has 3 aliphatic carbocycles. The highest BCUT2D eigenvalue weighted by atomic mass is 32.1. The fraction of sp³-hybridized carbons (Fsp3) is 0.188. The average Bonchev–Trinajstić information content (AvgIpc) is 4.16. The molecule has 1 nitrogen and oxygen atoms in total. The minimum Gasteiger partial charge on any atom is -0.361 e. The molecular formula is C64H67NS. The lowest BCUT2D eigenvalue weighted by Crippen LogP contribution is -2.16. The maximum Gasteiger partial charge on any atom is 0.0415 e. The first-order chi connectivity index (χ1) is 32.3. The van der Waals surface area contributed by atoms with Crippen molar-refractivity contribution in [1.29, 1.82) is 0 Å². The van der Waals surface area contributed by atoms with E-state index in [-0.39, 0.29) is 5.41 Å². The smallest absolute Gasteiger partial charge is 0.0415 e. The zero-order valence-corrected chi connectivity index (χ0v) is 41.0. The van der Waals surface area contributed by atoms with E-state index in [9.17, 15) is 0 Å². The Labute approximate surface area is 400 Å². The fourth-order valence-electron chi connectivity index (χ4n) is 9.03. The summed E-state index contributed by atoms with van der Waals surface area (Å²) in [6.45, 7) is 25.9. The van der Waals surface area contributed by atoms with Crippen LogP contribution in [0.25, 0.3) is 50.1 Å². The Bertz CT molecular complexity index is 2870. The average molecular weight is 882 g/mol. The first kappa shape index (κ1) is 48.7. The van der Waals surface area contributed by atoms with E-state index in [2.05, 4.69) is 222 Å². The van der Waals surface area contributed by atoms with Crippen molar-refractivity contribution in [3.8, 4) is 22.3 Å². The van der Waals surface area contributed by atoms with Crippen molar-refractivity contribution in [3.05, 3.63) is 251 Å². The van der Waals surface area contributed by atoms with Crippen molar-refractivity contribution in [2.24, 2.45) is 0 Å². The molecule has 0 bridgehead atoms. The molecule has 0 radical (unpaired) electrons. The molecule has 0 aliphatic heterocycles. The molecule has 6 aromatic carbocycles. The van der Waals surface area contributed by atoms with Crippen LogP contribution in [0.1, 0.15) is 98.2 Å². The van der Waals surface area contributed by atoms with Gasteiger partial charge in [0.05, 0.1) is 0 Å². The lowest BCUT2D eigenvalue weighted by molar-refractivity contribution is 0.655. The number of nitrogens with one attached hydrogen (secondary N) is 1. The molecule has 334 valence electrons. The summed E-state index contributed by atoms with van der Waals surface area (Å²) < 4.78 is 1.41. The van der Waals surface area contributed by atoms with Gasteiger partial charge in [0.15, 0.2) is 0 Å². The van der Waals surface area contributed by atoms with Gasteiger partial charge in [0, 0.05) is 26.9 Å². The van der Waals surface area contributed by atoms with Crippen LogP contribution in [0.2, 0.25) is 0 Å². The highest BCUT2D eigenvalue weighted by Crippen LogP contribution is 2.48. The third-order valence-electron chi connectivity index (χ3n) is 12.3. The molecule has 0 saturated carbocycles. The lowest BCUT2D eigenvalue weighted by Gasteiger charge is -2.23. The Morgan fingerprint density at radius 1 is 0.667 bits per heavy atom. The predicted octanol–water partition coefficient (Wildman–Crippen LogP) is 18.7. The fourth-order valence-corrected chi connectivity index (χ4v) is 10.2. The zero-order chi connectivity index (χ0) is 47.1. The van der Waals surface area contributed by atoms with Crippen molar-refractivity contribution in [1.82, 2.24) is 0 Å². The number of hydrogen-bond donors (Lipinski definition) is 1. The molecule has 3 aliphatic rings. The number of benzene rings is 6. The first-order valence-electron chi connectivity index (χ1n) is 23.7. The number of rotatable bonds is 10. The van der Waals surface area contributed by atoms with Gasteiger partial charge in [-0.3, -0.25) is 0 Å². The van der Waals surface area contributed by atoms with E-state index in [0.29, 0.717) is 5.92 Å². The van der Waals surface area contributed by atoms with Gasteiger partial charge < -0.3 is 5.32 Å². The molecule has 1 atom stereocenters.